The lowest BCUT2D eigenvalue weighted by molar-refractivity contribution is 0.198. The molecule has 10 heteroatoms. The van der Waals surface area contributed by atoms with Crippen molar-refractivity contribution < 1.29 is 8.42 Å². The molecule has 1 saturated heterocycles. The second-order valence-corrected chi connectivity index (χ2v) is 10.6. The molecule has 0 saturated carbocycles. The highest BCUT2D eigenvalue weighted by atomic mass is 32.2. The number of nitrogens with zero attached hydrogens (tertiary/aromatic N) is 7. The number of tetrazole rings is 1. The Labute approximate surface area is 204 Å². The molecule has 180 valence electrons. The van der Waals surface area contributed by atoms with Gasteiger partial charge < -0.3 is 4.90 Å². The van der Waals surface area contributed by atoms with Gasteiger partial charge >= 0.3 is 0 Å². The number of benzene rings is 2. The van der Waals surface area contributed by atoms with E-state index in [4.69, 9.17) is 0 Å². The van der Waals surface area contributed by atoms with Gasteiger partial charge in [0.25, 0.3) is 0 Å². The SMILES string of the molecule is Cc1ccc(S(=O)(=O)Cn2nnnc2[C@H](c2ccccn2)N2CCN(c3ccccc3)CC2)cc1. The normalized spacial score (nSPS) is 15.7. The highest BCUT2D eigenvalue weighted by Gasteiger charge is 2.32. The molecule has 4 aromatic rings. The summed E-state index contributed by atoms with van der Waals surface area (Å²) in [7, 11) is -3.64. The molecule has 0 amide bonds. The molecule has 3 heterocycles. The summed E-state index contributed by atoms with van der Waals surface area (Å²) in [6.45, 7) is 5.10. The van der Waals surface area contributed by atoms with Crippen LogP contribution in [0.1, 0.15) is 23.1 Å². The van der Waals surface area contributed by atoms with E-state index >= 15 is 0 Å². The number of piperazine rings is 1. The van der Waals surface area contributed by atoms with Crippen molar-refractivity contribution in [2.75, 3.05) is 31.1 Å². The minimum absolute atomic E-state index is 0.246. The van der Waals surface area contributed by atoms with Crippen molar-refractivity contribution in [2.24, 2.45) is 0 Å². The van der Waals surface area contributed by atoms with Crippen molar-refractivity contribution in [3.8, 4) is 0 Å². The minimum atomic E-state index is -3.64. The topological polar surface area (TPSA) is 97.1 Å². The first kappa shape index (κ1) is 23.1. The van der Waals surface area contributed by atoms with Gasteiger partial charge in [0.05, 0.1) is 10.6 Å². The second kappa shape index (κ2) is 9.93. The first-order valence-electron chi connectivity index (χ1n) is 11.5. The lowest BCUT2D eigenvalue weighted by Crippen LogP contribution is -2.48. The summed E-state index contributed by atoms with van der Waals surface area (Å²) in [5, 5.41) is 12.2. The molecule has 1 aliphatic rings. The summed E-state index contributed by atoms with van der Waals surface area (Å²) < 4.78 is 27.7. The van der Waals surface area contributed by atoms with Gasteiger partial charge in [0, 0.05) is 38.1 Å². The first-order valence-corrected chi connectivity index (χ1v) is 13.2. The van der Waals surface area contributed by atoms with Gasteiger partial charge in [0.1, 0.15) is 6.04 Å². The van der Waals surface area contributed by atoms with E-state index in [-0.39, 0.29) is 16.8 Å². The smallest absolute Gasteiger partial charge is 0.198 e. The molecule has 35 heavy (non-hydrogen) atoms. The third-order valence-corrected chi connectivity index (χ3v) is 7.82. The maximum atomic E-state index is 13.1. The van der Waals surface area contributed by atoms with Crippen LogP contribution in [0.15, 0.2) is 83.9 Å². The van der Waals surface area contributed by atoms with E-state index in [9.17, 15) is 8.42 Å². The number of sulfone groups is 1. The molecular formula is C25H27N7O2S. The molecule has 2 aromatic carbocycles. The summed E-state index contributed by atoms with van der Waals surface area (Å²) in [5.74, 6) is 0.124. The van der Waals surface area contributed by atoms with Crippen molar-refractivity contribution >= 4 is 15.5 Å². The lowest BCUT2D eigenvalue weighted by Gasteiger charge is -2.39. The standard InChI is InChI=1S/C25H27N7O2S/c1-20-10-12-22(13-11-20)35(33,34)19-32-25(27-28-29-32)24(23-9-5-6-14-26-23)31-17-15-30(16-18-31)21-7-3-2-4-8-21/h2-14,24H,15-19H2,1H3/t24-/m0/s1. The lowest BCUT2D eigenvalue weighted by atomic mass is 10.1. The fourth-order valence-corrected chi connectivity index (χ4v) is 5.58. The number of para-hydroxylation sites is 1. The van der Waals surface area contributed by atoms with E-state index in [0.717, 1.165) is 37.4 Å². The van der Waals surface area contributed by atoms with E-state index < -0.39 is 9.84 Å². The van der Waals surface area contributed by atoms with Gasteiger partial charge in [-0.25, -0.2) is 13.1 Å². The highest BCUT2D eigenvalue weighted by Crippen LogP contribution is 2.28. The third kappa shape index (κ3) is 5.08. The fourth-order valence-electron chi connectivity index (χ4n) is 4.38. The molecule has 0 unspecified atom stereocenters. The predicted octanol–water partition coefficient (Wildman–Crippen LogP) is 2.72. The Balaban J connectivity index is 1.43. The average molecular weight is 490 g/mol. The summed E-state index contributed by atoms with van der Waals surface area (Å²) in [4.78, 5) is 9.44. The van der Waals surface area contributed by atoms with E-state index in [1.54, 1.807) is 30.5 Å². The summed E-state index contributed by atoms with van der Waals surface area (Å²) in [6.07, 6.45) is 1.74. The Kier molecular flexibility index (Phi) is 6.56. The zero-order chi connectivity index (χ0) is 24.3. The van der Waals surface area contributed by atoms with Gasteiger partial charge in [-0.2, -0.15) is 0 Å². The van der Waals surface area contributed by atoms with Crippen LogP contribution in [0.4, 0.5) is 5.69 Å². The zero-order valence-corrected chi connectivity index (χ0v) is 20.3. The number of pyridine rings is 1. The van der Waals surface area contributed by atoms with Crippen LogP contribution in [0.2, 0.25) is 0 Å². The van der Waals surface area contributed by atoms with Crippen LogP contribution in [0.25, 0.3) is 0 Å². The first-order chi connectivity index (χ1) is 17.0. The molecule has 0 N–H and O–H groups in total. The maximum Gasteiger partial charge on any atom is 0.198 e. The third-order valence-electron chi connectivity index (χ3n) is 6.25. The number of aryl methyl sites for hydroxylation is 1. The van der Waals surface area contributed by atoms with Crippen LogP contribution in [-0.4, -0.2) is 64.7 Å². The Morgan fingerprint density at radius 2 is 1.60 bits per heavy atom. The number of rotatable bonds is 7. The van der Waals surface area contributed by atoms with Crippen molar-refractivity contribution in [3.63, 3.8) is 0 Å². The Morgan fingerprint density at radius 1 is 0.886 bits per heavy atom. The fraction of sp³-hybridized carbons (Fsp3) is 0.280. The van der Waals surface area contributed by atoms with Crippen LogP contribution in [0.3, 0.4) is 0 Å². The monoisotopic (exact) mass is 489 g/mol. The van der Waals surface area contributed by atoms with Crippen molar-refractivity contribution in [1.29, 1.82) is 0 Å². The van der Waals surface area contributed by atoms with Gasteiger partial charge in [0.2, 0.25) is 0 Å². The van der Waals surface area contributed by atoms with Crippen molar-refractivity contribution in [1.82, 2.24) is 30.1 Å². The molecule has 2 aromatic heterocycles. The number of aromatic nitrogens is 5. The summed E-state index contributed by atoms with van der Waals surface area (Å²) >= 11 is 0. The van der Waals surface area contributed by atoms with E-state index in [2.05, 4.69) is 42.4 Å². The number of anilines is 1. The number of hydrogen-bond donors (Lipinski definition) is 0. The molecule has 0 spiro atoms. The second-order valence-electron chi connectivity index (χ2n) is 8.61. The zero-order valence-electron chi connectivity index (χ0n) is 19.5. The van der Waals surface area contributed by atoms with E-state index in [1.165, 1.54) is 10.4 Å². The average Bonchev–Trinajstić information content (AvgIpc) is 3.33. The van der Waals surface area contributed by atoms with E-state index in [1.807, 2.05) is 43.3 Å². The van der Waals surface area contributed by atoms with Crippen molar-refractivity contribution in [3.05, 3.63) is 96.1 Å². The summed E-state index contributed by atoms with van der Waals surface area (Å²) in [6, 6.07) is 22.5. The molecular weight excluding hydrogens is 462 g/mol. The van der Waals surface area contributed by atoms with Gasteiger partial charge in [-0.15, -0.1) is 5.10 Å². The maximum absolute atomic E-state index is 13.1. The van der Waals surface area contributed by atoms with Gasteiger partial charge in [0.15, 0.2) is 21.5 Å². The van der Waals surface area contributed by atoms with Crippen LogP contribution in [0, 0.1) is 6.92 Å². The molecule has 1 fully saturated rings. The van der Waals surface area contributed by atoms with Gasteiger partial charge in [-0.05, 0) is 53.7 Å². The van der Waals surface area contributed by atoms with Crippen LogP contribution in [-0.2, 0) is 15.7 Å². The van der Waals surface area contributed by atoms with Crippen LogP contribution >= 0.6 is 0 Å². The largest absolute Gasteiger partial charge is 0.369 e. The molecule has 1 aliphatic heterocycles. The Hall–Kier alpha value is -3.63. The molecule has 0 radical (unpaired) electrons. The van der Waals surface area contributed by atoms with Crippen molar-refractivity contribution in [2.45, 2.75) is 23.7 Å². The molecule has 1 atom stereocenters. The molecule has 0 bridgehead atoms. The quantitative estimate of drug-likeness (QED) is 0.391. The van der Waals surface area contributed by atoms with E-state index in [0.29, 0.717) is 5.82 Å². The molecule has 0 aliphatic carbocycles. The minimum Gasteiger partial charge on any atom is -0.369 e. The van der Waals surface area contributed by atoms with Gasteiger partial charge in [-0.3, -0.25) is 9.88 Å². The molecule has 5 rings (SSSR count). The van der Waals surface area contributed by atoms with Gasteiger partial charge in [-0.1, -0.05) is 42.0 Å². The van der Waals surface area contributed by atoms with Crippen LogP contribution in [0.5, 0.6) is 0 Å². The number of hydrogen-bond acceptors (Lipinski definition) is 8. The Bertz CT molecular complexity index is 1350. The van der Waals surface area contributed by atoms with Crippen LogP contribution < -0.4 is 4.90 Å². The highest BCUT2D eigenvalue weighted by molar-refractivity contribution is 7.90. The summed E-state index contributed by atoms with van der Waals surface area (Å²) in [5.41, 5.74) is 2.97. The Morgan fingerprint density at radius 3 is 2.29 bits per heavy atom. The molecule has 9 nitrogen and oxygen atoms in total. The predicted molar refractivity (Wildman–Crippen MR) is 132 cm³/mol.